The Morgan fingerprint density at radius 1 is 0.923 bits per heavy atom. The minimum Gasteiger partial charge on any atom is -0.438 e. The summed E-state index contributed by atoms with van der Waals surface area (Å²) >= 11 is 0. The van der Waals surface area contributed by atoms with Gasteiger partial charge in [-0.05, 0) is 76.1 Å². The predicted molar refractivity (Wildman–Crippen MR) is 112 cm³/mol. The van der Waals surface area contributed by atoms with Crippen molar-refractivity contribution in [2.75, 3.05) is 0 Å². The molecule has 1 atom stereocenters. The van der Waals surface area contributed by atoms with Crippen molar-refractivity contribution in [3.05, 3.63) is 51.7 Å². The first kappa shape index (κ1) is 20.5. The maximum Gasteiger partial charge on any atom is 0.222 e. The molecule has 1 aromatic carbocycles. The lowest BCUT2D eigenvalue weighted by Gasteiger charge is -2.21. The van der Waals surface area contributed by atoms with Gasteiger partial charge in [0.25, 0.3) is 0 Å². The maximum atomic E-state index is 6.36. The van der Waals surface area contributed by atoms with E-state index in [9.17, 15) is 0 Å². The molecular formula is C24H35NO. The molecule has 0 amide bonds. The first-order valence-corrected chi connectivity index (χ1v) is 10.1. The van der Waals surface area contributed by atoms with Crippen molar-refractivity contribution in [2.24, 2.45) is 0 Å². The molecule has 0 bridgehead atoms. The molecule has 0 radical (unpaired) electrons. The van der Waals surface area contributed by atoms with Gasteiger partial charge in [0.05, 0.1) is 0 Å². The Morgan fingerprint density at radius 2 is 1.58 bits per heavy atom. The highest BCUT2D eigenvalue weighted by atomic mass is 16.5. The van der Waals surface area contributed by atoms with E-state index in [4.69, 9.17) is 9.72 Å². The molecule has 2 nitrogen and oxygen atoms in total. The quantitative estimate of drug-likeness (QED) is 0.459. The standard InChI is InChI=1S/C24H35NO/c1-8-10-11-12-21(9-2)22-15-19(6)25-24(20(22)7)26-23-17(4)13-16(3)14-18(23)5/h13-15,21H,8-12H2,1-7H3. The van der Waals surface area contributed by atoms with Crippen LogP contribution in [0.15, 0.2) is 18.2 Å². The molecule has 1 aromatic heterocycles. The fourth-order valence-corrected chi connectivity index (χ4v) is 3.90. The summed E-state index contributed by atoms with van der Waals surface area (Å²) in [6, 6.07) is 6.61. The van der Waals surface area contributed by atoms with Crippen molar-refractivity contribution in [3.63, 3.8) is 0 Å². The van der Waals surface area contributed by atoms with Crippen LogP contribution in [0, 0.1) is 34.6 Å². The number of hydrogen-bond donors (Lipinski definition) is 0. The average molecular weight is 354 g/mol. The summed E-state index contributed by atoms with van der Waals surface area (Å²) in [7, 11) is 0. The van der Waals surface area contributed by atoms with E-state index in [0.29, 0.717) is 5.92 Å². The largest absolute Gasteiger partial charge is 0.438 e. The first-order chi connectivity index (χ1) is 12.4. The molecule has 142 valence electrons. The Bertz CT molecular complexity index is 725. The van der Waals surface area contributed by atoms with E-state index in [1.807, 2.05) is 0 Å². The van der Waals surface area contributed by atoms with Crippen molar-refractivity contribution in [1.29, 1.82) is 0 Å². The molecule has 0 spiro atoms. The molecule has 0 saturated heterocycles. The van der Waals surface area contributed by atoms with E-state index in [1.54, 1.807) is 0 Å². The van der Waals surface area contributed by atoms with Gasteiger partial charge in [0.15, 0.2) is 0 Å². The molecule has 0 fully saturated rings. The van der Waals surface area contributed by atoms with E-state index in [0.717, 1.165) is 23.7 Å². The van der Waals surface area contributed by atoms with Crippen LogP contribution in [-0.2, 0) is 0 Å². The fraction of sp³-hybridized carbons (Fsp3) is 0.542. The number of unbranched alkanes of at least 4 members (excludes halogenated alkanes) is 2. The molecule has 26 heavy (non-hydrogen) atoms. The Morgan fingerprint density at radius 3 is 2.15 bits per heavy atom. The molecule has 0 saturated carbocycles. The van der Waals surface area contributed by atoms with Gasteiger partial charge in [-0.15, -0.1) is 0 Å². The van der Waals surface area contributed by atoms with Crippen LogP contribution in [0.4, 0.5) is 0 Å². The molecule has 1 unspecified atom stereocenters. The summed E-state index contributed by atoms with van der Waals surface area (Å²) < 4.78 is 6.36. The van der Waals surface area contributed by atoms with E-state index in [1.165, 1.54) is 53.5 Å². The van der Waals surface area contributed by atoms with Crippen LogP contribution in [0.1, 0.15) is 85.4 Å². The first-order valence-electron chi connectivity index (χ1n) is 10.1. The summed E-state index contributed by atoms with van der Waals surface area (Å²) in [4.78, 5) is 4.72. The van der Waals surface area contributed by atoms with Crippen LogP contribution in [0.5, 0.6) is 11.6 Å². The zero-order valence-corrected chi connectivity index (χ0v) is 17.7. The lowest BCUT2D eigenvalue weighted by Crippen LogP contribution is -2.05. The summed E-state index contributed by atoms with van der Waals surface area (Å²) in [6.45, 7) is 15.1. The summed E-state index contributed by atoms with van der Waals surface area (Å²) in [5, 5.41) is 0. The number of hydrogen-bond acceptors (Lipinski definition) is 2. The van der Waals surface area contributed by atoms with Gasteiger partial charge in [-0.2, -0.15) is 0 Å². The van der Waals surface area contributed by atoms with Crippen LogP contribution < -0.4 is 4.74 Å². The van der Waals surface area contributed by atoms with Crippen LogP contribution in [0.2, 0.25) is 0 Å². The van der Waals surface area contributed by atoms with E-state index < -0.39 is 0 Å². The van der Waals surface area contributed by atoms with E-state index >= 15 is 0 Å². The molecule has 2 heteroatoms. The van der Waals surface area contributed by atoms with Crippen LogP contribution in [0.3, 0.4) is 0 Å². The Labute approximate surface area is 160 Å². The summed E-state index contributed by atoms with van der Waals surface area (Å²) in [6.07, 6.45) is 6.28. The third-order valence-corrected chi connectivity index (χ3v) is 5.29. The topological polar surface area (TPSA) is 22.1 Å². The molecule has 0 aliphatic carbocycles. The van der Waals surface area contributed by atoms with Crippen molar-refractivity contribution in [2.45, 2.75) is 86.5 Å². The number of aromatic nitrogens is 1. The average Bonchev–Trinajstić information content (AvgIpc) is 2.58. The van der Waals surface area contributed by atoms with Gasteiger partial charge in [-0.3, -0.25) is 0 Å². The minimum absolute atomic E-state index is 0.589. The zero-order chi connectivity index (χ0) is 19.3. The van der Waals surface area contributed by atoms with Gasteiger partial charge in [-0.1, -0.05) is 50.8 Å². The third kappa shape index (κ3) is 4.87. The van der Waals surface area contributed by atoms with Gasteiger partial charge in [0.1, 0.15) is 5.75 Å². The normalized spacial score (nSPS) is 12.3. The number of rotatable bonds is 8. The molecule has 1 heterocycles. The predicted octanol–water partition coefficient (Wildman–Crippen LogP) is 7.49. The van der Waals surface area contributed by atoms with Crippen LogP contribution in [-0.4, -0.2) is 4.98 Å². The maximum absolute atomic E-state index is 6.36. The van der Waals surface area contributed by atoms with Crippen molar-refractivity contribution < 1.29 is 4.74 Å². The van der Waals surface area contributed by atoms with Gasteiger partial charge >= 0.3 is 0 Å². The van der Waals surface area contributed by atoms with E-state index in [-0.39, 0.29) is 0 Å². The van der Waals surface area contributed by atoms with Gasteiger partial charge in [-0.25, -0.2) is 4.98 Å². The summed E-state index contributed by atoms with van der Waals surface area (Å²) in [5.74, 6) is 2.30. The zero-order valence-electron chi connectivity index (χ0n) is 17.7. The van der Waals surface area contributed by atoms with Crippen molar-refractivity contribution in [1.82, 2.24) is 4.98 Å². The highest BCUT2D eigenvalue weighted by Crippen LogP contribution is 2.36. The van der Waals surface area contributed by atoms with Crippen molar-refractivity contribution >= 4 is 0 Å². The Kier molecular flexibility index (Phi) is 7.25. The highest BCUT2D eigenvalue weighted by Gasteiger charge is 2.18. The second-order valence-electron chi connectivity index (χ2n) is 7.71. The smallest absolute Gasteiger partial charge is 0.222 e. The second-order valence-corrected chi connectivity index (χ2v) is 7.71. The lowest BCUT2D eigenvalue weighted by molar-refractivity contribution is 0.447. The molecule has 0 aliphatic heterocycles. The van der Waals surface area contributed by atoms with Crippen molar-refractivity contribution in [3.8, 4) is 11.6 Å². The Hall–Kier alpha value is -1.83. The number of benzene rings is 1. The minimum atomic E-state index is 0.589. The molecule has 0 N–H and O–H groups in total. The molecular weight excluding hydrogens is 318 g/mol. The SMILES string of the molecule is CCCCCC(CC)c1cc(C)nc(Oc2c(C)cc(C)cc2C)c1C. The fourth-order valence-electron chi connectivity index (χ4n) is 3.90. The monoisotopic (exact) mass is 353 g/mol. The molecule has 2 rings (SSSR count). The highest BCUT2D eigenvalue weighted by molar-refractivity contribution is 5.47. The summed E-state index contributed by atoms with van der Waals surface area (Å²) in [5.41, 5.74) is 7.25. The Balaban J connectivity index is 2.37. The third-order valence-electron chi connectivity index (χ3n) is 5.29. The van der Waals surface area contributed by atoms with Gasteiger partial charge in [0, 0.05) is 11.3 Å². The second kappa shape index (κ2) is 9.21. The number of ether oxygens (including phenoxy) is 1. The number of pyridine rings is 1. The van der Waals surface area contributed by atoms with Crippen LogP contribution >= 0.6 is 0 Å². The van der Waals surface area contributed by atoms with Crippen LogP contribution in [0.25, 0.3) is 0 Å². The number of nitrogens with zero attached hydrogens (tertiary/aromatic N) is 1. The van der Waals surface area contributed by atoms with Gasteiger partial charge < -0.3 is 4.74 Å². The van der Waals surface area contributed by atoms with Gasteiger partial charge in [0.2, 0.25) is 5.88 Å². The number of aryl methyl sites for hydroxylation is 4. The molecule has 2 aromatic rings. The molecule has 0 aliphatic rings. The van der Waals surface area contributed by atoms with E-state index in [2.05, 4.69) is 66.7 Å². The lowest BCUT2D eigenvalue weighted by atomic mass is 9.88.